The van der Waals surface area contributed by atoms with E-state index >= 15 is 0 Å². The summed E-state index contributed by atoms with van der Waals surface area (Å²) < 4.78 is 17.0. The molecule has 0 radical (unpaired) electrons. The first-order valence-electron chi connectivity index (χ1n) is 13.0. The Labute approximate surface area is 231 Å². The van der Waals surface area contributed by atoms with Crippen molar-refractivity contribution in [2.75, 3.05) is 38.6 Å². The zero-order valence-electron chi connectivity index (χ0n) is 23.8. The van der Waals surface area contributed by atoms with Crippen LogP contribution in [-0.4, -0.2) is 50.5 Å². The molecule has 1 aromatic heterocycles. The first kappa shape index (κ1) is 29.5. The molecule has 210 valence electrons. The number of amides is 2. The summed E-state index contributed by atoms with van der Waals surface area (Å²) in [6, 6.07) is 1.35. The summed E-state index contributed by atoms with van der Waals surface area (Å²) >= 11 is 0. The maximum absolute atomic E-state index is 13.4. The fourth-order valence-corrected chi connectivity index (χ4v) is 4.62. The second kappa shape index (κ2) is 13.7. The first-order chi connectivity index (χ1) is 18.8. The molecule has 0 bridgehead atoms. The molecule has 0 aliphatic heterocycles. The lowest BCUT2D eigenvalue weighted by Crippen LogP contribution is -2.40. The van der Waals surface area contributed by atoms with Crippen molar-refractivity contribution in [3.8, 4) is 0 Å². The zero-order chi connectivity index (χ0) is 28.5. The van der Waals surface area contributed by atoms with Gasteiger partial charge < -0.3 is 30.2 Å². The zero-order valence-corrected chi connectivity index (χ0v) is 23.8. The molecule has 0 fully saturated rings. The van der Waals surface area contributed by atoms with E-state index in [0.29, 0.717) is 28.8 Å². The van der Waals surface area contributed by atoms with Gasteiger partial charge in [-0.15, -0.1) is 0 Å². The van der Waals surface area contributed by atoms with Gasteiger partial charge in [-0.25, -0.2) is 14.8 Å². The summed E-state index contributed by atoms with van der Waals surface area (Å²) in [5, 5.41) is 9.63. The minimum Gasteiger partial charge on any atom is -0.500 e. The minimum atomic E-state index is -0.349. The SMILES string of the molecule is C=CC(=C)NC1=C(Nc2cc(N(C)C(=O)NC3=CC(OC)C(C)C(OC)=C3CCC)ncn2)C(OC)=CCC1. The largest absolute Gasteiger partial charge is 0.500 e. The van der Waals surface area contributed by atoms with Crippen LogP contribution in [0.5, 0.6) is 0 Å². The van der Waals surface area contributed by atoms with Crippen molar-refractivity contribution in [1.29, 1.82) is 0 Å². The van der Waals surface area contributed by atoms with Crippen LogP contribution in [0.1, 0.15) is 39.5 Å². The number of ether oxygens (including phenoxy) is 3. The smallest absolute Gasteiger partial charge is 0.327 e. The highest BCUT2D eigenvalue weighted by atomic mass is 16.5. The number of hydrogen-bond acceptors (Lipinski definition) is 8. The lowest BCUT2D eigenvalue weighted by atomic mass is 9.88. The third-order valence-electron chi connectivity index (χ3n) is 6.70. The Morgan fingerprint density at radius 3 is 2.64 bits per heavy atom. The van der Waals surface area contributed by atoms with Gasteiger partial charge in [0.15, 0.2) is 0 Å². The van der Waals surface area contributed by atoms with Crippen LogP contribution in [0.2, 0.25) is 0 Å². The van der Waals surface area contributed by atoms with E-state index in [0.717, 1.165) is 48.4 Å². The summed E-state index contributed by atoms with van der Waals surface area (Å²) in [7, 11) is 6.58. The quantitative estimate of drug-likeness (QED) is 0.316. The molecule has 2 aliphatic rings. The Balaban J connectivity index is 1.85. The average Bonchev–Trinajstić information content (AvgIpc) is 2.95. The fraction of sp³-hybridized carbons (Fsp3) is 0.414. The molecular formula is C29H40N6O4. The topological polar surface area (TPSA) is 110 Å². The molecule has 1 aromatic rings. The molecule has 0 spiro atoms. The molecule has 10 heteroatoms. The standard InChI is InChI=1S/C29H40N6O4/c1-9-12-20-22(15-24(38-7)19(4)28(20)39-8)33-29(36)35(5)26-16-25(30-17-31-26)34-27-21(32-18(3)10-2)13-11-14-23(27)37-6/h10,14-17,19,24,32H,2-3,9,11-13H2,1,4-8H3,(H,33,36)(H,30,31,34). The van der Waals surface area contributed by atoms with Gasteiger partial charge in [-0.2, -0.15) is 0 Å². The molecule has 10 nitrogen and oxygen atoms in total. The van der Waals surface area contributed by atoms with Gasteiger partial charge in [-0.1, -0.05) is 33.4 Å². The van der Waals surface area contributed by atoms with E-state index in [1.807, 2.05) is 12.2 Å². The van der Waals surface area contributed by atoms with Crippen molar-refractivity contribution in [3.05, 3.63) is 83.7 Å². The van der Waals surface area contributed by atoms with Gasteiger partial charge in [-0.05, 0) is 37.5 Å². The molecule has 0 saturated carbocycles. The Morgan fingerprint density at radius 1 is 1.23 bits per heavy atom. The Hall–Kier alpha value is -4.05. The average molecular weight is 537 g/mol. The maximum Gasteiger partial charge on any atom is 0.327 e. The lowest BCUT2D eigenvalue weighted by molar-refractivity contribution is 0.0787. The van der Waals surface area contributed by atoms with E-state index in [2.05, 4.69) is 52.9 Å². The van der Waals surface area contributed by atoms with Crippen LogP contribution < -0.4 is 20.9 Å². The molecule has 3 rings (SSSR count). The summed E-state index contributed by atoms with van der Waals surface area (Å²) in [5.74, 6) is 2.46. The van der Waals surface area contributed by atoms with Crippen molar-refractivity contribution in [2.24, 2.45) is 5.92 Å². The number of hydrogen-bond donors (Lipinski definition) is 3. The number of rotatable bonds is 12. The second-order valence-corrected chi connectivity index (χ2v) is 9.26. The van der Waals surface area contributed by atoms with Crippen molar-refractivity contribution in [2.45, 2.75) is 45.6 Å². The highest BCUT2D eigenvalue weighted by Gasteiger charge is 2.31. The number of carbonyl (C=O) groups is 1. The van der Waals surface area contributed by atoms with Crippen molar-refractivity contribution in [1.82, 2.24) is 20.6 Å². The maximum atomic E-state index is 13.4. The minimum absolute atomic E-state index is 0.0404. The van der Waals surface area contributed by atoms with E-state index in [-0.39, 0.29) is 18.1 Å². The number of allylic oxidation sites excluding steroid dienone is 4. The van der Waals surface area contributed by atoms with Crippen LogP contribution in [0.25, 0.3) is 0 Å². The number of nitrogens with one attached hydrogen (secondary N) is 3. The van der Waals surface area contributed by atoms with E-state index in [1.54, 1.807) is 40.5 Å². The van der Waals surface area contributed by atoms with Gasteiger partial charge >= 0.3 is 6.03 Å². The first-order valence-corrected chi connectivity index (χ1v) is 13.0. The number of nitrogens with zero attached hydrogens (tertiary/aromatic N) is 3. The normalized spacial score (nSPS) is 19.0. The number of anilines is 2. The van der Waals surface area contributed by atoms with Gasteiger partial charge in [0.25, 0.3) is 0 Å². The van der Waals surface area contributed by atoms with Crippen LogP contribution in [0.3, 0.4) is 0 Å². The van der Waals surface area contributed by atoms with Crippen LogP contribution in [0.15, 0.2) is 83.7 Å². The van der Waals surface area contributed by atoms with Crippen LogP contribution in [0, 0.1) is 5.92 Å². The molecule has 2 atom stereocenters. The lowest BCUT2D eigenvalue weighted by Gasteiger charge is -2.31. The fourth-order valence-electron chi connectivity index (χ4n) is 4.62. The molecule has 2 amide bonds. The van der Waals surface area contributed by atoms with Gasteiger partial charge in [0.2, 0.25) is 0 Å². The van der Waals surface area contributed by atoms with Crippen molar-refractivity contribution < 1.29 is 19.0 Å². The summed E-state index contributed by atoms with van der Waals surface area (Å²) in [6.45, 7) is 11.9. The Bertz CT molecular complexity index is 1220. The van der Waals surface area contributed by atoms with Gasteiger partial charge in [-0.3, -0.25) is 4.90 Å². The predicted molar refractivity (Wildman–Crippen MR) is 153 cm³/mol. The molecule has 0 aromatic carbocycles. The number of carbonyl (C=O) groups excluding carboxylic acids is 1. The van der Waals surface area contributed by atoms with E-state index in [1.165, 1.54) is 11.2 Å². The van der Waals surface area contributed by atoms with E-state index < -0.39 is 0 Å². The molecule has 1 heterocycles. The van der Waals surface area contributed by atoms with Crippen LogP contribution in [-0.2, 0) is 14.2 Å². The third-order valence-corrected chi connectivity index (χ3v) is 6.70. The molecule has 2 aliphatic carbocycles. The summed E-state index contributed by atoms with van der Waals surface area (Å²) in [6.07, 6.45) is 10.0. The van der Waals surface area contributed by atoms with Crippen LogP contribution in [0.4, 0.5) is 16.4 Å². The van der Waals surface area contributed by atoms with Gasteiger partial charge in [0.1, 0.15) is 35.2 Å². The number of aromatic nitrogens is 2. The highest BCUT2D eigenvalue weighted by molar-refractivity contribution is 5.92. The number of methoxy groups -OCH3 is 3. The number of urea groups is 1. The molecule has 2 unspecified atom stereocenters. The van der Waals surface area contributed by atoms with Crippen molar-refractivity contribution >= 4 is 17.7 Å². The molecule has 3 N–H and O–H groups in total. The van der Waals surface area contributed by atoms with Gasteiger partial charge in [0.05, 0.1) is 20.3 Å². The third kappa shape index (κ3) is 6.88. The second-order valence-electron chi connectivity index (χ2n) is 9.26. The Morgan fingerprint density at radius 2 is 2.00 bits per heavy atom. The van der Waals surface area contributed by atoms with Gasteiger partial charge in [0, 0.05) is 48.8 Å². The summed E-state index contributed by atoms with van der Waals surface area (Å²) in [4.78, 5) is 23.5. The molecule has 0 saturated heterocycles. The highest BCUT2D eigenvalue weighted by Crippen LogP contribution is 2.34. The summed E-state index contributed by atoms with van der Waals surface area (Å²) in [5.41, 5.74) is 3.97. The van der Waals surface area contributed by atoms with Crippen molar-refractivity contribution in [3.63, 3.8) is 0 Å². The van der Waals surface area contributed by atoms with E-state index in [9.17, 15) is 4.79 Å². The van der Waals surface area contributed by atoms with Crippen LogP contribution >= 0.6 is 0 Å². The molecular weight excluding hydrogens is 496 g/mol. The monoisotopic (exact) mass is 536 g/mol. The van der Waals surface area contributed by atoms with E-state index in [4.69, 9.17) is 14.2 Å². The Kier molecular flexibility index (Phi) is 10.3. The predicted octanol–water partition coefficient (Wildman–Crippen LogP) is 5.11. The molecule has 39 heavy (non-hydrogen) atoms.